The number of nitrogens with zero attached hydrogens (tertiary/aromatic N) is 1. The Morgan fingerprint density at radius 2 is 2.36 bits per heavy atom. The molecule has 2 rings (SSSR count). The molecule has 3 nitrogen and oxygen atoms in total. The fraction of sp³-hybridized carbons (Fsp3) is 0.300. The highest BCUT2D eigenvalue weighted by molar-refractivity contribution is 5.81. The molecule has 4 heteroatoms. The molecule has 74 valence electrons. The smallest absolute Gasteiger partial charge is 0.151 e. The van der Waals surface area contributed by atoms with Crippen molar-refractivity contribution in [1.82, 2.24) is 10.2 Å². The standard InChI is InChI=1S/C10H12FN3/c1-6(12)5-9-7-3-2-4-8(11)10(7)14-13-9/h2-4,6H,5,12H2,1H3,(H,13,14). The third-order valence-corrected chi connectivity index (χ3v) is 2.14. The highest BCUT2D eigenvalue weighted by atomic mass is 19.1. The predicted molar refractivity (Wildman–Crippen MR) is 53.4 cm³/mol. The van der Waals surface area contributed by atoms with Gasteiger partial charge in [-0.05, 0) is 13.0 Å². The first-order valence-corrected chi connectivity index (χ1v) is 4.55. The average molecular weight is 193 g/mol. The second-order valence-corrected chi connectivity index (χ2v) is 3.52. The molecule has 0 bridgehead atoms. The first-order valence-electron chi connectivity index (χ1n) is 4.55. The van der Waals surface area contributed by atoms with Crippen molar-refractivity contribution in [2.75, 3.05) is 0 Å². The quantitative estimate of drug-likeness (QED) is 0.761. The lowest BCUT2D eigenvalue weighted by Crippen LogP contribution is -2.18. The van der Waals surface area contributed by atoms with Crippen LogP contribution in [0.3, 0.4) is 0 Å². The van der Waals surface area contributed by atoms with E-state index in [-0.39, 0.29) is 11.9 Å². The summed E-state index contributed by atoms with van der Waals surface area (Å²) < 4.78 is 13.2. The Bertz CT molecular complexity index is 448. The van der Waals surface area contributed by atoms with Gasteiger partial charge in [0.05, 0.1) is 0 Å². The molecule has 1 atom stereocenters. The molecule has 0 fully saturated rings. The van der Waals surface area contributed by atoms with E-state index in [0.29, 0.717) is 11.9 Å². The van der Waals surface area contributed by atoms with Crippen molar-refractivity contribution in [3.05, 3.63) is 29.7 Å². The summed E-state index contributed by atoms with van der Waals surface area (Å²) in [4.78, 5) is 0. The van der Waals surface area contributed by atoms with E-state index in [1.54, 1.807) is 6.07 Å². The van der Waals surface area contributed by atoms with Gasteiger partial charge < -0.3 is 5.73 Å². The molecule has 2 aromatic rings. The van der Waals surface area contributed by atoms with Gasteiger partial charge in [0.2, 0.25) is 0 Å². The number of aromatic amines is 1. The minimum absolute atomic E-state index is 0.0434. The molecule has 0 radical (unpaired) electrons. The molecule has 1 aromatic carbocycles. The van der Waals surface area contributed by atoms with E-state index < -0.39 is 0 Å². The Kier molecular flexibility index (Phi) is 2.21. The number of nitrogens with two attached hydrogens (primary N) is 1. The predicted octanol–water partition coefficient (Wildman–Crippen LogP) is 1.59. The van der Waals surface area contributed by atoms with Gasteiger partial charge in [-0.15, -0.1) is 0 Å². The van der Waals surface area contributed by atoms with Crippen molar-refractivity contribution in [2.24, 2.45) is 5.73 Å². The Balaban J connectivity index is 2.52. The van der Waals surface area contributed by atoms with Crippen molar-refractivity contribution >= 4 is 10.9 Å². The van der Waals surface area contributed by atoms with E-state index in [2.05, 4.69) is 10.2 Å². The monoisotopic (exact) mass is 193 g/mol. The number of hydrogen-bond donors (Lipinski definition) is 2. The van der Waals surface area contributed by atoms with Crippen LogP contribution in [0.1, 0.15) is 12.6 Å². The molecule has 0 aliphatic carbocycles. The van der Waals surface area contributed by atoms with Crippen LogP contribution in [0.15, 0.2) is 18.2 Å². The van der Waals surface area contributed by atoms with Crippen molar-refractivity contribution in [2.45, 2.75) is 19.4 Å². The van der Waals surface area contributed by atoms with E-state index in [1.165, 1.54) is 6.07 Å². The zero-order valence-electron chi connectivity index (χ0n) is 7.92. The molecule has 1 unspecified atom stereocenters. The molecule has 1 aromatic heterocycles. The number of benzene rings is 1. The number of nitrogens with one attached hydrogen (secondary N) is 1. The first kappa shape index (κ1) is 9.15. The Morgan fingerprint density at radius 1 is 1.57 bits per heavy atom. The minimum atomic E-state index is -0.297. The summed E-state index contributed by atoms with van der Waals surface area (Å²) in [6.45, 7) is 1.91. The van der Waals surface area contributed by atoms with Gasteiger partial charge in [0.15, 0.2) is 5.82 Å². The average Bonchev–Trinajstić information content (AvgIpc) is 2.49. The van der Waals surface area contributed by atoms with Crippen LogP contribution in [0.2, 0.25) is 0 Å². The lowest BCUT2D eigenvalue weighted by Gasteiger charge is -2.01. The summed E-state index contributed by atoms with van der Waals surface area (Å²) in [6.07, 6.45) is 0.681. The number of aromatic nitrogens is 2. The molecule has 1 heterocycles. The second-order valence-electron chi connectivity index (χ2n) is 3.52. The van der Waals surface area contributed by atoms with Crippen LogP contribution in [0, 0.1) is 5.82 Å². The number of para-hydroxylation sites is 1. The molecular formula is C10H12FN3. The van der Waals surface area contributed by atoms with Crippen molar-refractivity contribution < 1.29 is 4.39 Å². The molecule has 0 aliphatic rings. The third-order valence-electron chi connectivity index (χ3n) is 2.14. The van der Waals surface area contributed by atoms with Gasteiger partial charge in [-0.3, -0.25) is 5.10 Å². The first-order chi connectivity index (χ1) is 6.68. The minimum Gasteiger partial charge on any atom is -0.328 e. The number of halogens is 1. The number of fused-ring (bicyclic) bond motifs is 1. The van der Waals surface area contributed by atoms with Gasteiger partial charge in [0.1, 0.15) is 5.52 Å². The highest BCUT2D eigenvalue weighted by Gasteiger charge is 2.09. The van der Waals surface area contributed by atoms with Gasteiger partial charge in [0.25, 0.3) is 0 Å². The second kappa shape index (κ2) is 3.38. The molecule has 0 saturated heterocycles. The topological polar surface area (TPSA) is 54.7 Å². The Labute approximate surface area is 81.1 Å². The zero-order chi connectivity index (χ0) is 10.1. The number of hydrogen-bond acceptors (Lipinski definition) is 2. The molecule has 0 spiro atoms. The third kappa shape index (κ3) is 1.48. The summed E-state index contributed by atoms with van der Waals surface area (Å²) in [5, 5.41) is 7.55. The van der Waals surface area contributed by atoms with Crippen LogP contribution in [0.4, 0.5) is 4.39 Å². The maximum Gasteiger partial charge on any atom is 0.151 e. The zero-order valence-corrected chi connectivity index (χ0v) is 7.92. The summed E-state index contributed by atoms with van der Waals surface area (Å²) >= 11 is 0. The normalized spacial score (nSPS) is 13.4. The molecular weight excluding hydrogens is 181 g/mol. The van der Waals surface area contributed by atoms with Crippen LogP contribution in [-0.2, 0) is 6.42 Å². The largest absolute Gasteiger partial charge is 0.328 e. The van der Waals surface area contributed by atoms with Crippen molar-refractivity contribution in [3.63, 3.8) is 0 Å². The maximum atomic E-state index is 13.2. The van der Waals surface area contributed by atoms with E-state index in [0.717, 1.165) is 11.1 Å². The summed E-state index contributed by atoms with van der Waals surface area (Å²) in [6, 6.07) is 4.97. The Morgan fingerprint density at radius 3 is 3.07 bits per heavy atom. The van der Waals surface area contributed by atoms with Crippen molar-refractivity contribution in [1.29, 1.82) is 0 Å². The molecule has 0 aliphatic heterocycles. The van der Waals surface area contributed by atoms with E-state index in [4.69, 9.17) is 5.73 Å². The van der Waals surface area contributed by atoms with Gasteiger partial charge in [-0.2, -0.15) is 5.10 Å². The van der Waals surface area contributed by atoms with Crippen LogP contribution < -0.4 is 5.73 Å². The van der Waals surface area contributed by atoms with E-state index >= 15 is 0 Å². The van der Waals surface area contributed by atoms with Crippen LogP contribution in [0.25, 0.3) is 10.9 Å². The van der Waals surface area contributed by atoms with Gasteiger partial charge >= 0.3 is 0 Å². The van der Waals surface area contributed by atoms with E-state index in [1.807, 2.05) is 13.0 Å². The summed E-state index contributed by atoms with van der Waals surface area (Å²) in [5.41, 5.74) is 6.96. The van der Waals surface area contributed by atoms with Crippen LogP contribution in [0.5, 0.6) is 0 Å². The van der Waals surface area contributed by atoms with Gasteiger partial charge in [0, 0.05) is 23.5 Å². The molecule has 14 heavy (non-hydrogen) atoms. The molecule has 0 amide bonds. The van der Waals surface area contributed by atoms with Crippen LogP contribution in [-0.4, -0.2) is 16.2 Å². The SMILES string of the molecule is CC(N)Cc1[nH]nc2c(F)cccc12. The maximum absolute atomic E-state index is 13.2. The Hall–Kier alpha value is -1.42. The molecule has 0 saturated carbocycles. The number of rotatable bonds is 2. The number of H-pyrrole nitrogens is 1. The van der Waals surface area contributed by atoms with Gasteiger partial charge in [-0.25, -0.2) is 4.39 Å². The summed E-state index contributed by atoms with van der Waals surface area (Å²) in [7, 11) is 0. The fourth-order valence-corrected chi connectivity index (χ4v) is 1.53. The van der Waals surface area contributed by atoms with Crippen LogP contribution >= 0.6 is 0 Å². The van der Waals surface area contributed by atoms with Crippen molar-refractivity contribution in [3.8, 4) is 0 Å². The lowest BCUT2D eigenvalue weighted by atomic mass is 10.1. The lowest BCUT2D eigenvalue weighted by molar-refractivity contribution is 0.636. The molecule has 3 N–H and O–H groups in total. The highest BCUT2D eigenvalue weighted by Crippen LogP contribution is 2.19. The van der Waals surface area contributed by atoms with Gasteiger partial charge in [-0.1, -0.05) is 12.1 Å². The fourth-order valence-electron chi connectivity index (χ4n) is 1.53. The summed E-state index contributed by atoms with van der Waals surface area (Å²) in [5.74, 6) is -0.297. The van der Waals surface area contributed by atoms with E-state index in [9.17, 15) is 4.39 Å².